The first-order valence-corrected chi connectivity index (χ1v) is 2.53. The van der Waals surface area contributed by atoms with Crippen molar-refractivity contribution in [2.75, 3.05) is 0 Å². The van der Waals surface area contributed by atoms with E-state index in [0.717, 1.165) is 6.20 Å². The first-order chi connectivity index (χ1) is 4.50. The van der Waals surface area contributed by atoms with Crippen molar-refractivity contribution < 1.29 is 13.2 Å². The van der Waals surface area contributed by atoms with Gasteiger partial charge < -0.3 is 0 Å². The molecule has 5 heteroatoms. The number of rotatable bonds is 0. The van der Waals surface area contributed by atoms with E-state index < -0.39 is 12.0 Å². The van der Waals surface area contributed by atoms with Crippen molar-refractivity contribution in [2.24, 2.45) is 4.99 Å². The molecule has 0 N–H and O–H groups in total. The summed E-state index contributed by atoms with van der Waals surface area (Å²) in [5.74, 6) is -1.06. The van der Waals surface area contributed by atoms with E-state index in [2.05, 4.69) is 10.3 Å². The molecule has 0 fully saturated rings. The van der Waals surface area contributed by atoms with Gasteiger partial charge in [-0.15, -0.1) is 0 Å². The van der Waals surface area contributed by atoms with Crippen LogP contribution in [0, 0.1) is 0 Å². The normalized spacial score (nSPS) is 18.0. The highest BCUT2D eigenvalue weighted by molar-refractivity contribution is 5.90. The maximum absolute atomic E-state index is 11.7. The molecular formula is C5H4F3N2. The van der Waals surface area contributed by atoms with Crippen LogP contribution >= 0.6 is 0 Å². The molecule has 1 aliphatic heterocycles. The molecule has 0 spiro atoms. The summed E-state index contributed by atoms with van der Waals surface area (Å²) in [6.07, 6.45) is -3.32. The zero-order valence-electron chi connectivity index (χ0n) is 5.11. The number of amidine groups is 1. The molecule has 0 aromatic carbocycles. The summed E-state index contributed by atoms with van der Waals surface area (Å²) in [6.45, 7) is 1.46. The molecule has 0 aromatic heterocycles. The first kappa shape index (κ1) is 7.11. The fourth-order valence-electron chi connectivity index (χ4n) is 0.516. The lowest BCUT2D eigenvalue weighted by Gasteiger charge is -2.02. The second kappa shape index (κ2) is 2.00. The van der Waals surface area contributed by atoms with E-state index in [1.165, 1.54) is 6.92 Å². The molecule has 10 heavy (non-hydrogen) atoms. The Morgan fingerprint density at radius 1 is 1.40 bits per heavy atom. The Balaban J connectivity index is 2.73. The standard InChI is InChI=1S/C5H4F3N2/c1-3-2-9-4(10-3)5(6,7)8/h2H,1H3. The largest absolute Gasteiger partial charge is 0.451 e. The lowest BCUT2D eigenvalue weighted by molar-refractivity contribution is -0.0610. The van der Waals surface area contributed by atoms with Gasteiger partial charge in [0.15, 0.2) is 0 Å². The fourth-order valence-corrected chi connectivity index (χ4v) is 0.516. The van der Waals surface area contributed by atoms with Gasteiger partial charge in [0.05, 0.1) is 11.9 Å². The highest BCUT2D eigenvalue weighted by atomic mass is 19.4. The number of nitrogens with zero attached hydrogens (tertiary/aromatic N) is 2. The molecule has 0 amide bonds. The van der Waals surface area contributed by atoms with Crippen LogP contribution < -0.4 is 5.32 Å². The summed E-state index contributed by atoms with van der Waals surface area (Å²) in [5.41, 5.74) is 0.285. The Labute approximate surface area is 55.4 Å². The smallest absolute Gasteiger partial charge is 0.231 e. The van der Waals surface area contributed by atoms with Gasteiger partial charge in [0.2, 0.25) is 5.84 Å². The van der Waals surface area contributed by atoms with Gasteiger partial charge in [0.1, 0.15) is 0 Å². The van der Waals surface area contributed by atoms with E-state index in [1.54, 1.807) is 0 Å². The molecule has 2 nitrogen and oxygen atoms in total. The van der Waals surface area contributed by atoms with E-state index in [4.69, 9.17) is 0 Å². The van der Waals surface area contributed by atoms with Crippen molar-refractivity contribution in [3.8, 4) is 0 Å². The Morgan fingerprint density at radius 3 is 2.20 bits per heavy atom. The summed E-state index contributed by atoms with van der Waals surface area (Å²) in [7, 11) is 0. The molecule has 0 aliphatic carbocycles. The van der Waals surface area contributed by atoms with Crippen molar-refractivity contribution in [1.82, 2.24) is 5.32 Å². The molecule has 1 aliphatic rings. The van der Waals surface area contributed by atoms with E-state index in [9.17, 15) is 13.2 Å². The van der Waals surface area contributed by atoms with Crippen LogP contribution in [0.25, 0.3) is 0 Å². The second-order valence-corrected chi connectivity index (χ2v) is 1.83. The van der Waals surface area contributed by atoms with Gasteiger partial charge >= 0.3 is 6.18 Å². The van der Waals surface area contributed by atoms with E-state index in [0.29, 0.717) is 0 Å². The quantitative estimate of drug-likeness (QED) is 0.498. The summed E-state index contributed by atoms with van der Waals surface area (Å²) in [4.78, 5) is 3.15. The van der Waals surface area contributed by atoms with E-state index in [-0.39, 0.29) is 5.70 Å². The lowest BCUT2D eigenvalue weighted by atomic mass is 10.6. The van der Waals surface area contributed by atoms with Crippen LogP contribution in [0.5, 0.6) is 0 Å². The van der Waals surface area contributed by atoms with Gasteiger partial charge in [0.25, 0.3) is 0 Å². The maximum atomic E-state index is 11.7. The molecule has 0 atom stereocenters. The van der Waals surface area contributed by atoms with Gasteiger partial charge in [-0.3, -0.25) is 0 Å². The molecule has 1 heterocycles. The van der Waals surface area contributed by atoms with Gasteiger partial charge in [-0.05, 0) is 6.92 Å². The number of alkyl halides is 3. The van der Waals surface area contributed by atoms with E-state index >= 15 is 0 Å². The van der Waals surface area contributed by atoms with Crippen molar-refractivity contribution in [3.05, 3.63) is 11.9 Å². The highest BCUT2D eigenvalue weighted by Crippen LogP contribution is 2.20. The number of hydrogen-bond acceptors (Lipinski definition) is 1. The molecule has 1 radical (unpaired) electrons. The lowest BCUT2D eigenvalue weighted by Crippen LogP contribution is -2.27. The Bertz CT molecular complexity index is 201. The summed E-state index contributed by atoms with van der Waals surface area (Å²) >= 11 is 0. The minimum atomic E-state index is -4.41. The Morgan fingerprint density at radius 2 is 2.00 bits per heavy atom. The third-order valence-corrected chi connectivity index (χ3v) is 0.909. The van der Waals surface area contributed by atoms with Gasteiger partial charge in [-0.1, -0.05) is 0 Å². The summed E-state index contributed by atoms with van der Waals surface area (Å²) in [6, 6.07) is 0. The van der Waals surface area contributed by atoms with Crippen LogP contribution in [0.3, 0.4) is 0 Å². The van der Waals surface area contributed by atoms with Crippen molar-refractivity contribution >= 4 is 5.84 Å². The van der Waals surface area contributed by atoms with Crippen LogP contribution in [0.15, 0.2) is 16.9 Å². The van der Waals surface area contributed by atoms with Crippen molar-refractivity contribution in [2.45, 2.75) is 13.1 Å². The molecule has 0 bridgehead atoms. The minimum absolute atomic E-state index is 0.285. The van der Waals surface area contributed by atoms with Crippen LogP contribution in [-0.4, -0.2) is 12.0 Å². The van der Waals surface area contributed by atoms with Crippen LogP contribution in [0.1, 0.15) is 6.92 Å². The molecule has 55 valence electrons. The van der Waals surface area contributed by atoms with Crippen LogP contribution in [-0.2, 0) is 0 Å². The third kappa shape index (κ3) is 1.29. The maximum Gasteiger partial charge on any atom is 0.451 e. The topological polar surface area (TPSA) is 26.5 Å². The summed E-state index contributed by atoms with van der Waals surface area (Å²) < 4.78 is 35.0. The highest BCUT2D eigenvalue weighted by Gasteiger charge is 2.38. The average molecular weight is 149 g/mol. The number of allylic oxidation sites excluding steroid dienone is 1. The Kier molecular flexibility index (Phi) is 1.42. The second-order valence-electron chi connectivity index (χ2n) is 1.83. The van der Waals surface area contributed by atoms with Gasteiger partial charge in [-0.25, -0.2) is 10.3 Å². The predicted octanol–water partition coefficient (Wildman–Crippen LogP) is 1.43. The molecule has 1 rings (SSSR count). The molecule has 0 unspecified atom stereocenters. The number of hydrogen-bond donors (Lipinski definition) is 0. The number of halogens is 3. The average Bonchev–Trinajstić information content (AvgIpc) is 2.11. The predicted molar refractivity (Wildman–Crippen MR) is 29.4 cm³/mol. The fraction of sp³-hybridized carbons (Fsp3) is 0.400. The van der Waals surface area contributed by atoms with E-state index in [1.807, 2.05) is 0 Å². The minimum Gasteiger partial charge on any atom is -0.231 e. The SMILES string of the molecule is CC1=C[N]C(C(F)(F)F)=N1. The molecular weight excluding hydrogens is 145 g/mol. The monoisotopic (exact) mass is 149 g/mol. The van der Waals surface area contributed by atoms with Gasteiger partial charge in [0, 0.05) is 0 Å². The van der Waals surface area contributed by atoms with Crippen molar-refractivity contribution in [3.63, 3.8) is 0 Å². The molecule has 0 aromatic rings. The summed E-state index contributed by atoms with van der Waals surface area (Å²) in [5, 5.41) is 3.05. The Hall–Kier alpha value is -1.00. The number of aliphatic imine (C=N–C) groups is 1. The van der Waals surface area contributed by atoms with Crippen LogP contribution in [0.2, 0.25) is 0 Å². The zero-order chi connectivity index (χ0) is 7.78. The van der Waals surface area contributed by atoms with Crippen LogP contribution in [0.4, 0.5) is 13.2 Å². The van der Waals surface area contributed by atoms with Gasteiger partial charge in [-0.2, -0.15) is 13.2 Å². The molecule has 0 saturated heterocycles. The first-order valence-electron chi connectivity index (χ1n) is 2.53. The van der Waals surface area contributed by atoms with Crippen molar-refractivity contribution in [1.29, 1.82) is 0 Å². The third-order valence-electron chi connectivity index (χ3n) is 0.909. The molecule has 0 saturated carbocycles. The zero-order valence-corrected chi connectivity index (χ0v) is 5.11.